The van der Waals surface area contributed by atoms with E-state index in [1.165, 1.54) is 13.2 Å². The van der Waals surface area contributed by atoms with Crippen LogP contribution in [0, 0.1) is 12.7 Å². The summed E-state index contributed by atoms with van der Waals surface area (Å²) in [5.74, 6) is 0.397. The normalized spacial score (nSPS) is 10.4. The Balaban J connectivity index is 2.12. The summed E-state index contributed by atoms with van der Waals surface area (Å²) in [6, 6.07) is 10.0. The summed E-state index contributed by atoms with van der Waals surface area (Å²) >= 11 is 0. The molecule has 0 atom stereocenters. The number of carbonyl (C=O) groups is 1. The van der Waals surface area contributed by atoms with E-state index < -0.39 is 5.82 Å². The Bertz CT molecular complexity index is 731. The summed E-state index contributed by atoms with van der Waals surface area (Å²) < 4.78 is 24.1. The molecule has 0 radical (unpaired) electrons. The fraction of sp³-hybridized carbons (Fsp3) is 0.316. The molecule has 0 spiro atoms. The number of halogens is 1. The van der Waals surface area contributed by atoms with Crippen molar-refractivity contribution in [3.63, 3.8) is 0 Å². The third kappa shape index (κ3) is 4.04. The van der Waals surface area contributed by atoms with Gasteiger partial charge in [0.1, 0.15) is 5.75 Å². The van der Waals surface area contributed by atoms with Gasteiger partial charge in [-0.1, -0.05) is 6.07 Å². The number of hydrogen-bond acceptors (Lipinski definition) is 3. The van der Waals surface area contributed by atoms with Crippen LogP contribution in [0.2, 0.25) is 0 Å². The van der Waals surface area contributed by atoms with Crippen LogP contribution in [-0.4, -0.2) is 31.6 Å². The van der Waals surface area contributed by atoms with Crippen molar-refractivity contribution >= 4 is 5.91 Å². The molecule has 2 rings (SSSR count). The SMILES string of the molecule is CCOc1ccc(C(=O)N(C)Cc2ccc(OC)c(F)c2)cc1C. The van der Waals surface area contributed by atoms with E-state index in [4.69, 9.17) is 9.47 Å². The van der Waals surface area contributed by atoms with Crippen molar-refractivity contribution in [2.45, 2.75) is 20.4 Å². The number of hydrogen-bond donors (Lipinski definition) is 0. The number of rotatable bonds is 6. The zero-order valence-corrected chi connectivity index (χ0v) is 14.4. The highest BCUT2D eigenvalue weighted by Crippen LogP contribution is 2.21. The topological polar surface area (TPSA) is 38.8 Å². The predicted molar refractivity (Wildman–Crippen MR) is 91.1 cm³/mol. The van der Waals surface area contributed by atoms with Gasteiger partial charge in [-0.15, -0.1) is 0 Å². The Labute approximate surface area is 141 Å². The van der Waals surface area contributed by atoms with Gasteiger partial charge in [-0.2, -0.15) is 0 Å². The first-order valence-corrected chi connectivity index (χ1v) is 7.77. The molecule has 0 saturated carbocycles. The minimum absolute atomic E-state index is 0.127. The van der Waals surface area contributed by atoms with E-state index in [2.05, 4.69) is 0 Å². The maximum atomic E-state index is 13.8. The molecular formula is C19H22FNO3. The molecule has 4 nitrogen and oxygen atoms in total. The second kappa shape index (κ2) is 7.81. The maximum Gasteiger partial charge on any atom is 0.253 e. The number of benzene rings is 2. The summed E-state index contributed by atoms with van der Waals surface area (Å²) in [5, 5.41) is 0. The second-order valence-electron chi connectivity index (χ2n) is 5.54. The fourth-order valence-electron chi connectivity index (χ4n) is 2.47. The molecule has 0 N–H and O–H groups in total. The summed E-state index contributed by atoms with van der Waals surface area (Å²) in [6.07, 6.45) is 0. The van der Waals surface area contributed by atoms with E-state index in [-0.39, 0.29) is 11.7 Å². The zero-order chi connectivity index (χ0) is 17.7. The van der Waals surface area contributed by atoms with Crippen LogP contribution in [0.5, 0.6) is 11.5 Å². The van der Waals surface area contributed by atoms with Crippen molar-refractivity contribution in [2.24, 2.45) is 0 Å². The molecular weight excluding hydrogens is 309 g/mol. The van der Waals surface area contributed by atoms with Gasteiger partial charge in [0.25, 0.3) is 5.91 Å². The van der Waals surface area contributed by atoms with E-state index in [9.17, 15) is 9.18 Å². The van der Waals surface area contributed by atoms with E-state index in [1.807, 2.05) is 13.8 Å². The Hall–Kier alpha value is -2.56. The quantitative estimate of drug-likeness (QED) is 0.808. The lowest BCUT2D eigenvalue weighted by Crippen LogP contribution is -2.26. The summed E-state index contributed by atoms with van der Waals surface area (Å²) in [5.41, 5.74) is 2.19. The molecule has 0 aromatic heterocycles. The number of methoxy groups -OCH3 is 1. The Kier molecular flexibility index (Phi) is 5.79. The average molecular weight is 331 g/mol. The van der Waals surface area contributed by atoms with Gasteiger partial charge in [0.2, 0.25) is 0 Å². The molecule has 1 amide bonds. The summed E-state index contributed by atoms with van der Waals surface area (Å²) in [4.78, 5) is 14.1. The Morgan fingerprint density at radius 1 is 1.17 bits per heavy atom. The highest BCUT2D eigenvalue weighted by Gasteiger charge is 2.14. The van der Waals surface area contributed by atoms with Crippen LogP contribution in [-0.2, 0) is 6.54 Å². The van der Waals surface area contributed by atoms with Crippen molar-refractivity contribution < 1.29 is 18.7 Å². The minimum Gasteiger partial charge on any atom is -0.494 e. The minimum atomic E-state index is -0.437. The van der Waals surface area contributed by atoms with Crippen molar-refractivity contribution in [1.29, 1.82) is 0 Å². The van der Waals surface area contributed by atoms with Gasteiger partial charge in [-0.05, 0) is 55.3 Å². The third-order valence-electron chi connectivity index (χ3n) is 3.70. The first kappa shape index (κ1) is 17.8. The molecule has 0 saturated heterocycles. The number of carbonyl (C=O) groups excluding carboxylic acids is 1. The molecule has 5 heteroatoms. The van der Waals surface area contributed by atoms with Crippen LogP contribution in [0.15, 0.2) is 36.4 Å². The van der Waals surface area contributed by atoms with E-state index >= 15 is 0 Å². The summed E-state index contributed by atoms with van der Waals surface area (Å²) in [6.45, 7) is 4.71. The molecule has 0 unspecified atom stereocenters. The largest absolute Gasteiger partial charge is 0.494 e. The van der Waals surface area contributed by atoms with Gasteiger partial charge in [-0.3, -0.25) is 4.79 Å². The van der Waals surface area contributed by atoms with Crippen LogP contribution in [0.4, 0.5) is 4.39 Å². The van der Waals surface area contributed by atoms with Crippen molar-refractivity contribution in [1.82, 2.24) is 4.90 Å². The number of ether oxygens (including phenoxy) is 2. The maximum absolute atomic E-state index is 13.8. The molecule has 2 aromatic rings. The van der Waals surface area contributed by atoms with Crippen molar-refractivity contribution in [3.8, 4) is 11.5 Å². The predicted octanol–water partition coefficient (Wildman–Crippen LogP) is 3.81. The van der Waals surface area contributed by atoms with Crippen LogP contribution in [0.25, 0.3) is 0 Å². The third-order valence-corrected chi connectivity index (χ3v) is 3.70. The van der Waals surface area contributed by atoms with Crippen LogP contribution >= 0.6 is 0 Å². The molecule has 0 heterocycles. The molecule has 0 fully saturated rings. The average Bonchev–Trinajstić information content (AvgIpc) is 2.56. The zero-order valence-electron chi connectivity index (χ0n) is 14.4. The monoisotopic (exact) mass is 331 g/mol. The van der Waals surface area contributed by atoms with E-state index in [1.54, 1.807) is 42.3 Å². The smallest absolute Gasteiger partial charge is 0.253 e. The lowest BCUT2D eigenvalue weighted by molar-refractivity contribution is 0.0785. The van der Waals surface area contributed by atoms with Crippen LogP contribution < -0.4 is 9.47 Å². The molecule has 2 aromatic carbocycles. The second-order valence-corrected chi connectivity index (χ2v) is 5.54. The Morgan fingerprint density at radius 3 is 2.46 bits per heavy atom. The Morgan fingerprint density at radius 2 is 1.88 bits per heavy atom. The first-order valence-electron chi connectivity index (χ1n) is 7.77. The highest BCUT2D eigenvalue weighted by molar-refractivity contribution is 5.94. The lowest BCUT2D eigenvalue weighted by Gasteiger charge is -2.18. The van der Waals surface area contributed by atoms with Crippen LogP contribution in [0.3, 0.4) is 0 Å². The molecule has 0 bridgehead atoms. The van der Waals surface area contributed by atoms with Gasteiger partial charge in [0, 0.05) is 19.2 Å². The number of aryl methyl sites for hydroxylation is 1. The standard InChI is InChI=1S/C19H22FNO3/c1-5-24-17-9-7-15(10-13(17)2)19(22)21(3)12-14-6-8-18(23-4)16(20)11-14/h6-11H,5,12H2,1-4H3. The molecule has 0 aliphatic carbocycles. The van der Waals surface area contributed by atoms with Gasteiger partial charge < -0.3 is 14.4 Å². The molecule has 0 aliphatic rings. The van der Waals surface area contributed by atoms with Crippen molar-refractivity contribution in [2.75, 3.05) is 20.8 Å². The lowest BCUT2D eigenvalue weighted by atomic mass is 10.1. The molecule has 128 valence electrons. The van der Waals surface area contributed by atoms with Crippen molar-refractivity contribution in [3.05, 3.63) is 58.9 Å². The van der Waals surface area contributed by atoms with E-state index in [0.717, 1.165) is 11.3 Å². The summed E-state index contributed by atoms with van der Waals surface area (Å²) in [7, 11) is 3.11. The molecule has 0 aliphatic heterocycles. The van der Waals surface area contributed by atoms with Crippen LogP contribution in [0.1, 0.15) is 28.4 Å². The molecule has 24 heavy (non-hydrogen) atoms. The first-order chi connectivity index (χ1) is 11.5. The van der Waals surface area contributed by atoms with Gasteiger partial charge in [0.15, 0.2) is 11.6 Å². The van der Waals surface area contributed by atoms with Gasteiger partial charge in [-0.25, -0.2) is 4.39 Å². The number of amides is 1. The fourth-order valence-corrected chi connectivity index (χ4v) is 2.47. The van der Waals surface area contributed by atoms with Gasteiger partial charge >= 0.3 is 0 Å². The highest BCUT2D eigenvalue weighted by atomic mass is 19.1. The number of nitrogens with zero attached hydrogens (tertiary/aromatic N) is 1. The van der Waals surface area contributed by atoms with Gasteiger partial charge in [0.05, 0.1) is 13.7 Å². The van der Waals surface area contributed by atoms with E-state index in [0.29, 0.717) is 24.3 Å².